The van der Waals surface area contributed by atoms with E-state index in [2.05, 4.69) is 9.97 Å². The van der Waals surface area contributed by atoms with Gasteiger partial charge in [0.15, 0.2) is 0 Å². The van der Waals surface area contributed by atoms with E-state index in [0.29, 0.717) is 5.92 Å². The smallest absolute Gasteiger partial charge is 0.134 e. The molecule has 1 atom stereocenters. The Balaban J connectivity index is 1.96. The number of nitrogens with one attached hydrogen (secondary N) is 1. The molecule has 0 amide bonds. The van der Waals surface area contributed by atoms with Gasteiger partial charge in [0.05, 0.1) is 6.61 Å². The molecular formula is C11H14N2OS2. The van der Waals surface area contributed by atoms with Gasteiger partial charge in [0.25, 0.3) is 0 Å². The van der Waals surface area contributed by atoms with Crippen LogP contribution in [0.15, 0.2) is 0 Å². The zero-order chi connectivity index (χ0) is 11.0. The van der Waals surface area contributed by atoms with Gasteiger partial charge in [-0.1, -0.05) is 12.2 Å². The van der Waals surface area contributed by atoms with E-state index in [-0.39, 0.29) is 0 Å². The van der Waals surface area contributed by atoms with Gasteiger partial charge in [-0.3, -0.25) is 0 Å². The highest BCUT2D eigenvalue weighted by Gasteiger charge is 2.21. The highest BCUT2D eigenvalue weighted by Crippen LogP contribution is 2.31. The van der Waals surface area contributed by atoms with Crippen molar-refractivity contribution in [3.05, 3.63) is 21.7 Å². The maximum Gasteiger partial charge on any atom is 0.134 e. The number of aromatic nitrogens is 2. The topological polar surface area (TPSA) is 37.9 Å². The molecule has 3 nitrogen and oxygen atoms in total. The van der Waals surface area contributed by atoms with Crippen molar-refractivity contribution in [1.29, 1.82) is 0 Å². The maximum atomic E-state index is 5.50. The number of nitrogens with zero attached hydrogens (tertiary/aromatic N) is 1. The quantitative estimate of drug-likeness (QED) is 0.782. The molecule has 1 N–H and O–H groups in total. The molecule has 1 fully saturated rings. The van der Waals surface area contributed by atoms with Crippen molar-refractivity contribution < 1.29 is 4.74 Å². The maximum absolute atomic E-state index is 5.50. The molecule has 3 heterocycles. The largest absolute Gasteiger partial charge is 0.381 e. The molecule has 0 aliphatic carbocycles. The minimum absolute atomic E-state index is 0.409. The second kappa shape index (κ2) is 4.47. The molecule has 1 saturated heterocycles. The van der Waals surface area contributed by atoms with Gasteiger partial charge in [0.1, 0.15) is 10.5 Å². The van der Waals surface area contributed by atoms with E-state index in [9.17, 15) is 0 Å². The lowest BCUT2D eigenvalue weighted by Gasteiger charge is -2.21. The van der Waals surface area contributed by atoms with Crippen molar-refractivity contribution >= 4 is 24.0 Å². The normalized spacial score (nSPS) is 24.4. The van der Waals surface area contributed by atoms with Crippen molar-refractivity contribution in [3.63, 3.8) is 0 Å². The van der Waals surface area contributed by atoms with Gasteiger partial charge in [-0.2, -0.15) is 11.8 Å². The first-order valence-electron chi connectivity index (χ1n) is 5.62. The Hall–Kier alpha value is -0.390. The second-order valence-electron chi connectivity index (χ2n) is 4.29. The number of hydrogen-bond acceptors (Lipinski definition) is 4. The minimum Gasteiger partial charge on any atom is -0.381 e. The average Bonchev–Trinajstić information content (AvgIpc) is 2.79. The van der Waals surface area contributed by atoms with E-state index in [0.717, 1.165) is 48.0 Å². The number of aromatic amines is 1. The van der Waals surface area contributed by atoms with Crippen LogP contribution in [0.2, 0.25) is 0 Å². The fraction of sp³-hybridized carbons (Fsp3) is 0.636. The summed E-state index contributed by atoms with van der Waals surface area (Å²) in [6, 6.07) is 0. The van der Waals surface area contributed by atoms with E-state index in [4.69, 9.17) is 17.0 Å². The molecule has 1 aromatic heterocycles. The Morgan fingerprint density at radius 2 is 2.38 bits per heavy atom. The van der Waals surface area contributed by atoms with Crippen LogP contribution in [0.25, 0.3) is 0 Å². The Bertz CT molecular complexity index is 452. The fourth-order valence-electron chi connectivity index (χ4n) is 2.24. The number of ether oxygens (including phenoxy) is 1. The third-order valence-electron chi connectivity index (χ3n) is 3.16. The van der Waals surface area contributed by atoms with Gasteiger partial charge in [0, 0.05) is 35.3 Å². The number of H-pyrrole nitrogens is 1. The van der Waals surface area contributed by atoms with Crippen LogP contribution in [0.5, 0.6) is 0 Å². The summed E-state index contributed by atoms with van der Waals surface area (Å²) in [4.78, 5) is 7.99. The summed E-state index contributed by atoms with van der Waals surface area (Å²) >= 11 is 7.25. The highest BCUT2D eigenvalue weighted by atomic mass is 32.2. The number of thioether (sulfide) groups is 1. The van der Waals surface area contributed by atoms with Gasteiger partial charge < -0.3 is 9.72 Å². The highest BCUT2D eigenvalue weighted by molar-refractivity contribution is 7.98. The summed E-state index contributed by atoms with van der Waals surface area (Å²) in [7, 11) is 0. The predicted octanol–water partition coefficient (Wildman–Crippen LogP) is 2.78. The zero-order valence-corrected chi connectivity index (χ0v) is 10.6. The molecule has 1 aromatic rings. The monoisotopic (exact) mass is 254 g/mol. The van der Waals surface area contributed by atoms with Crippen molar-refractivity contribution in [2.24, 2.45) is 0 Å². The Labute approximate surface area is 104 Å². The average molecular weight is 254 g/mol. The summed E-state index contributed by atoms with van der Waals surface area (Å²) in [6.45, 7) is 1.67. The fourth-order valence-corrected chi connectivity index (χ4v) is 3.69. The number of rotatable bonds is 1. The molecule has 0 radical (unpaired) electrons. The predicted molar refractivity (Wildman–Crippen MR) is 67.2 cm³/mol. The standard InChI is InChI=1S/C11H14N2OS2/c15-11-8-5-16-6-9(8)12-10(13-11)7-2-1-3-14-4-7/h7H,1-6H2,(H,12,13,15). The van der Waals surface area contributed by atoms with Crippen molar-refractivity contribution in [2.75, 3.05) is 13.2 Å². The molecule has 2 aliphatic heterocycles. The van der Waals surface area contributed by atoms with Crippen LogP contribution in [-0.2, 0) is 16.2 Å². The lowest BCUT2D eigenvalue weighted by atomic mass is 10.0. The van der Waals surface area contributed by atoms with Crippen LogP contribution >= 0.6 is 24.0 Å². The van der Waals surface area contributed by atoms with E-state index in [1.807, 2.05) is 11.8 Å². The third kappa shape index (κ3) is 1.92. The van der Waals surface area contributed by atoms with Gasteiger partial charge in [-0.05, 0) is 12.8 Å². The van der Waals surface area contributed by atoms with Crippen molar-refractivity contribution in [1.82, 2.24) is 9.97 Å². The molecule has 1 unspecified atom stereocenters. The van der Waals surface area contributed by atoms with Crippen LogP contribution in [0, 0.1) is 4.64 Å². The first-order valence-corrected chi connectivity index (χ1v) is 7.18. The van der Waals surface area contributed by atoms with Crippen molar-refractivity contribution in [3.8, 4) is 0 Å². The lowest BCUT2D eigenvalue weighted by molar-refractivity contribution is 0.0779. The molecule has 86 valence electrons. The first-order chi connectivity index (χ1) is 7.84. The van der Waals surface area contributed by atoms with Gasteiger partial charge in [-0.15, -0.1) is 0 Å². The van der Waals surface area contributed by atoms with E-state index < -0.39 is 0 Å². The Morgan fingerprint density at radius 1 is 1.44 bits per heavy atom. The van der Waals surface area contributed by atoms with Gasteiger partial charge >= 0.3 is 0 Å². The summed E-state index contributed by atoms with van der Waals surface area (Å²) in [5.41, 5.74) is 2.52. The van der Waals surface area contributed by atoms with Crippen LogP contribution in [0.1, 0.15) is 35.8 Å². The molecule has 0 spiro atoms. The van der Waals surface area contributed by atoms with Crippen LogP contribution < -0.4 is 0 Å². The SMILES string of the molecule is S=c1nc(C2CCCOC2)[nH]c2c1CSC2. The molecule has 5 heteroatoms. The Morgan fingerprint density at radius 3 is 3.19 bits per heavy atom. The summed E-state index contributed by atoms with van der Waals surface area (Å²) in [6.07, 6.45) is 2.28. The molecular weight excluding hydrogens is 240 g/mol. The number of hydrogen-bond donors (Lipinski definition) is 1. The minimum atomic E-state index is 0.409. The summed E-state index contributed by atoms with van der Waals surface area (Å²) < 4.78 is 6.29. The van der Waals surface area contributed by atoms with Gasteiger partial charge in [0.2, 0.25) is 0 Å². The zero-order valence-electron chi connectivity index (χ0n) is 8.99. The molecule has 2 aliphatic rings. The molecule has 3 rings (SSSR count). The number of fused-ring (bicyclic) bond motifs is 1. The molecule has 16 heavy (non-hydrogen) atoms. The summed E-state index contributed by atoms with van der Waals surface area (Å²) in [5.74, 6) is 3.50. The van der Waals surface area contributed by atoms with Crippen molar-refractivity contribution in [2.45, 2.75) is 30.3 Å². The van der Waals surface area contributed by atoms with E-state index >= 15 is 0 Å². The molecule has 0 aromatic carbocycles. The van der Waals surface area contributed by atoms with Crippen LogP contribution in [0.3, 0.4) is 0 Å². The van der Waals surface area contributed by atoms with Gasteiger partial charge in [-0.25, -0.2) is 4.98 Å². The van der Waals surface area contributed by atoms with E-state index in [1.165, 1.54) is 11.3 Å². The lowest BCUT2D eigenvalue weighted by Crippen LogP contribution is -2.18. The van der Waals surface area contributed by atoms with Crippen LogP contribution in [0.4, 0.5) is 0 Å². The van der Waals surface area contributed by atoms with E-state index in [1.54, 1.807) is 0 Å². The second-order valence-corrected chi connectivity index (χ2v) is 5.66. The summed E-state index contributed by atoms with van der Waals surface area (Å²) in [5, 5.41) is 0. The van der Waals surface area contributed by atoms with Crippen LogP contribution in [-0.4, -0.2) is 23.2 Å². The Kier molecular flexibility index (Phi) is 3.00. The first kappa shape index (κ1) is 10.7. The molecule has 0 saturated carbocycles. The molecule has 0 bridgehead atoms. The third-order valence-corrected chi connectivity index (χ3v) is 4.49.